The zero-order valence-corrected chi connectivity index (χ0v) is 58.4. The van der Waals surface area contributed by atoms with E-state index in [1.54, 1.807) is 0 Å². The Labute approximate surface area is 540 Å². The lowest BCUT2D eigenvalue weighted by atomic mass is 10.0. The van der Waals surface area contributed by atoms with Gasteiger partial charge in [-0.05, 0) is 51.4 Å². The fourth-order valence-electron chi connectivity index (χ4n) is 11.4. The van der Waals surface area contributed by atoms with E-state index in [1.165, 1.54) is 283 Å². The third kappa shape index (κ3) is 70.6. The Morgan fingerprint density at radius 3 is 0.977 bits per heavy atom. The number of nitrogens with zero attached hydrogens (tertiary/aromatic N) is 1. The van der Waals surface area contributed by atoms with Crippen molar-refractivity contribution >= 4 is 17.9 Å². The molecule has 2 atom stereocenters. The molecule has 0 fully saturated rings. The van der Waals surface area contributed by atoms with Crippen LogP contribution in [0.25, 0.3) is 0 Å². The van der Waals surface area contributed by atoms with Gasteiger partial charge in [0.2, 0.25) is 0 Å². The molecule has 9 heteroatoms. The van der Waals surface area contributed by atoms with Crippen LogP contribution in [0.15, 0.2) is 48.6 Å². The number of carboxylic acid groups (broad SMARTS) is 1. The minimum atomic E-state index is -1.62. The SMILES string of the molecule is CC/C=C\C/C=C\C/C=C\C/C=C\CCCCCCCCCCCCCCCCCCCCCCCCC(=O)OC(COC(=O)CCCCCCCCCCCCCCCCCCCCCCCCCCCCC)COC(OCC[N+](C)(C)C)C(=O)[O-]. The van der Waals surface area contributed by atoms with Crippen molar-refractivity contribution in [3.63, 3.8) is 0 Å². The average Bonchev–Trinajstić information content (AvgIpc) is 3.56. The highest BCUT2D eigenvalue weighted by Crippen LogP contribution is 2.19. The van der Waals surface area contributed by atoms with Crippen molar-refractivity contribution in [3.8, 4) is 0 Å². The van der Waals surface area contributed by atoms with Gasteiger partial charge in [-0.25, -0.2) is 0 Å². The standard InChI is InChI=1S/C78H145NO8/c1-6-8-10-12-14-16-18-20-22-24-26-28-30-32-34-35-36-37-38-39-40-41-43-45-47-49-51-53-55-57-59-61-63-65-67-69-76(81)87-74(73-86-78(77(82)83)84-71-70-79(3,4)5)72-85-75(80)68-66-64-62-60-58-56-54-52-50-48-46-44-42-33-31-29-27-25-23-21-19-17-15-13-11-9-7-2/h8,10,14,16,20,22,26,28,74,78H,6-7,9,11-13,15,17-19,21,23-25,27,29-73H2,1-5H3/b10-8-,16-14-,22-20-,28-26-. The lowest BCUT2D eigenvalue weighted by molar-refractivity contribution is -0.870. The maximum atomic E-state index is 13.0. The number of carbonyl (C=O) groups excluding carboxylic acids is 3. The van der Waals surface area contributed by atoms with Crippen molar-refractivity contribution in [2.45, 2.75) is 386 Å². The highest BCUT2D eigenvalue weighted by molar-refractivity contribution is 5.70. The van der Waals surface area contributed by atoms with Crippen LogP contribution in [0.1, 0.15) is 373 Å². The van der Waals surface area contributed by atoms with E-state index in [2.05, 4.69) is 62.5 Å². The van der Waals surface area contributed by atoms with Gasteiger partial charge in [0, 0.05) is 12.8 Å². The summed E-state index contributed by atoms with van der Waals surface area (Å²) in [6.45, 7) is 4.71. The Bertz CT molecular complexity index is 1570. The molecule has 0 aromatic carbocycles. The first kappa shape index (κ1) is 84.2. The molecule has 0 aliphatic carbocycles. The molecule has 2 unspecified atom stereocenters. The first-order valence-corrected chi connectivity index (χ1v) is 37.8. The molecule has 0 N–H and O–H groups in total. The number of carboxylic acids is 1. The summed E-state index contributed by atoms with van der Waals surface area (Å²) in [6, 6.07) is 0. The first-order valence-electron chi connectivity index (χ1n) is 37.8. The Morgan fingerprint density at radius 1 is 0.356 bits per heavy atom. The zero-order chi connectivity index (χ0) is 63.3. The van der Waals surface area contributed by atoms with Crippen LogP contribution in [-0.4, -0.2) is 82.3 Å². The van der Waals surface area contributed by atoms with E-state index in [1.807, 2.05) is 21.1 Å². The molecule has 0 rings (SSSR count). The van der Waals surface area contributed by atoms with Crippen molar-refractivity contribution < 1.29 is 42.9 Å². The molecule has 0 amide bonds. The number of unbranched alkanes of at least 4 members (excludes halogenated alkanes) is 48. The van der Waals surface area contributed by atoms with Gasteiger partial charge < -0.3 is 33.3 Å². The van der Waals surface area contributed by atoms with Crippen LogP contribution in [0.2, 0.25) is 0 Å². The second kappa shape index (κ2) is 69.1. The number of carbonyl (C=O) groups is 3. The summed E-state index contributed by atoms with van der Waals surface area (Å²) in [5.41, 5.74) is 0. The lowest BCUT2D eigenvalue weighted by Gasteiger charge is -2.26. The van der Waals surface area contributed by atoms with Gasteiger partial charge in [0.05, 0.1) is 40.3 Å². The summed E-state index contributed by atoms with van der Waals surface area (Å²) >= 11 is 0. The van der Waals surface area contributed by atoms with E-state index in [0.717, 1.165) is 64.2 Å². The van der Waals surface area contributed by atoms with Crippen molar-refractivity contribution in [1.29, 1.82) is 0 Å². The van der Waals surface area contributed by atoms with Crippen molar-refractivity contribution in [1.82, 2.24) is 0 Å². The molecule has 0 spiro atoms. The maximum Gasteiger partial charge on any atom is 0.306 e. The van der Waals surface area contributed by atoms with E-state index in [-0.39, 0.29) is 32.2 Å². The van der Waals surface area contributed by atoms with E-state index in [9.17, 15) is 19.5 Å². The topological polar surface area (TPSA) is 111 Å². The van der Waals surface area contributed by atoms with Crippen LogP contribution < -0.4 is 5.11 Å². The number of likely N-dealkylation sites (N-methyl/N-ethyl adjacent to an activating group) is 1. The minimum absolute atomic E-state index is 0.151. The maximum absolute atomic E-state index is 13.0. The highest BCUT2D eigenvalue weighted by atomic mass is 16.7. The monoisotopic (exact) mass is 1220 g/mol. The number of allylic oxidation sites excluding steroid dienone is 8. The predicted octanol–water partition coefficient (Wildman–Crippen LogP) is 22.4. The van der Waals surface area contributed by atoms with Crippen LogP contribution in [0, 0.1) is 0 Å². The summed E-state index contributed by atoms with van der Waals surface area (Å²) in [5.74, 6) is -2.25. The Hall–Kier alpha value is -2.75. The number of quaternary nitrogens is 1. The zero-order valence-electron chi connectivity index (χ0n) is 58.4. The molecule has 0 radical (unpaired) electrons. The number of esters is 2. The molecule has 0 saturated carbocycles. The molecule has 0 heterocycles. The average molecular weight is 1230 g/mol. The second-order valence-corrected chi connectivity index (χ2v) is 26.9. The van der Waals surface area contributed by atoms with Crippen LogP contribution in [-0.2, 0) is 33.3 Å². The van der Waals surface area contributed by atoms with Gasteiger partial charge in [-0.3, -0.25) is 9.59 Å². The van der Waals surface area contributed by atoms with Gasteiger partial charge in [-0.1, -0.05) is 358 Å². The highest BCUT2D eigenvalue weighted by Gasteiger charge is 2.22. The predicted molar refractivity (Wildman–Crippen MR) is 371 cm³/mol. The van der Waals surface area contributed by atoms with Crippen LogP contribution in [0.5, 0.6) is 0 Å². The molecule has 87 heavy (non-hydrogen) atoms. The Morgan fingerprint density at radius 2 is 0.655 bits per heavy atom. The van der Waals surface area contributed by atoms with E-state index in [0.29, 0.717) is 17.4 Å². The molecule has 9 nitrogen and oxygen atoms in total. The van der Waals surface area contributed by atoms with Gasteiger partial charge >= 0.3 is 11.9 Å². The van der Waals surface area contributed by atoms with Crippen LogP contribution in [0.3, 0.4) is 0 Å². The fourth-order valence-corrected chi connectivity index (χ4v) is 11.4. The molecule has 0 aliphatic rings. The van der Waals surface area contributed by atoms with Gasteiger partial charge in [-0.15, -0.1) is 0 Å². The largest absolute Gasteiger partial charge is 0.545 e. The lowest BCUT2D eigenvalue weighted by Crippen LogP contribution is -2.44. The number of ether oxygens (including phenoxy) is 4. The summed E-state index contributed by atoms with van der Waals surface area (Å²) in [7, 11) is 5.95. The molecule has 0 aromatic rings. The summed E-state index contributed by atoms with van der Waals surface area (Å²) in [6.07, 6.45) is 86.5. The molecule has 0 aliphatic heterocycles. The molecule has 0 aromatic heterocycles. The summed E-state index contributed by atoms with van der Waals surface area (Å²) in [4.78, 5) is 37.5. The molecular formula is C78H145NO8. The molecule has 510 valence electrons. The van der Waals surface area contributed by atoms with Gasteiger partial charge in [0.1, 0.15) is 13.2 Å². The molecule has 0 bridgehead atoms. The van der Waals surface area contributed by atoms with E-state index >= 15 is 0 Å². The number of hydrogen-bond donors (Lipinski definition) is 0. The molecular weight excluding hydrogens is 1080 g/mol. The van der Waals surface area contributed by atoms with Gasteiger partial charge in [-0.2, -0.15) is 0 Å². The van der Waals surface area contributed by atoms with Crippen molar-refractivity contribution in [2.75, 3.05) is 47.5 Å². The minimum Gasteiger partial charge on any atom is -0.545 e. The van der Waals surface area contributed by atoms with Crippen LogP contribution >= 0.6 is 0 Å². The summed E-state index contributed by atoms with van der Waals surface area (Å²) < 4.78 is 22.9. The van der Waals surface area contributed by atoms with Crippen molar-refractivity contribution in [3.05, 3.63) is 48.6 Å². The van der Waals surface area contributed by atoms with Crippen LogP contribution in [0.4, 0.5) is 0 Å². The third-order valence-corrected chi connectivity index (χ3v) is 17.1. The smallest absolute Gasteiger partial charge is 0.306 e. The third-order valence-electron chi connectivity index (χ3n) is 17.1. The summed E-state index contributed by atoms with van der Waals surface area (Å²) in [5, 5.41) is 11.8. The van der Waals surface area contributed by atoms with E-state index in [4.69, 9.17) is 18.9 Å². The quantitative estimate of drug-likeness (QED) is 0.0195. The van der Waals surface area contributed by atoms with Gasteiger partial charge in [0.15, 0.2) is 12.4 Å². The molecule has 0 saturated heterocycles. The first-order chi connectivity index (χ1) is 42.6. The normalized spacial score (nSPS) is 12.9. The fraction of sp³-hybridized carbons (Fsp3) is 0.859. The Kier molecular flexibility index (Phi) is 67.0. The number of hydrogen-bond acceptors (Lipinski definition) is 8. The Balaban J connectivity index is 4.00. The second-order valence-electron chi connectivity index (χ2n) is 26.9. The number of rotatable bonds is 71. The van der Waals surface area contributed by atoms with Crippen molar-refractivity contribution in [2.24, 2.45) is 0 Å². The van der Waals surface area contributed by atoms with E-state index < -0.39 is 24.3 Å². The van der Waals surface area contributed by atoms with Gasteiger partial charge in [0.25, 0.3) is 0 Å². The number of aliphatic carboxylic acids is 1.